The highest BCUT2D eigenvalue weighted by atomic mass is 19.1. The molecule has 0 unspecified atom stereocenters. The number of urea groups is 1. The summed E-state index contributed by atoms with van der Waals surface area (Å²) in [4.78, 5) is 33.2. The highest BCUT2D eigenvalue weighted by Gasteiger charge is 2.15. The molecule has 4 aromatic rings. The fourth-order valence-corrected chi connectivity index (χ4v) is 2.90. The number of benzene rings is 2. The Labute approximate surface area is 169 Å². The van der Waals surface area contributed by atoms with Crippen LogP contribution in [0, 0.1) is 11.6 Å². The number of carbonyl (C=O) groups excluding carboxylic acids is 2. The van der Waals surface area contributed by atoms with Crippen LogP contribution in [-0.4, -0.2) is 21.8 Å². The van der Waals surface area contributed by atoms with Crippen LogP contribution in [0.3, 0.4) is 0 Å². The van der Waals surface area contributed by atoms with Crippen LogP contribution in [0.4, 0.5) is 25.0 Å². The van der Waals surface area contributed by atoms with Gasteiger partial charge < -0.3 is 10.6 Å². The molecule has 0 aliphatic heterocycles. The third kappa shape index (κ3) is 4.27. The quantitative estimate of drug-likeness (QED) is 0.480. The van der Waals surface area contributed by atoms with E-state index in [1.54, 1.807) is 24.4 Å². The van der Waals surface area contributed by atoms with Crippen LogP contribution in [0.1, 0.15) is 16.1 Å². The third-order valence-corrected chi connectivity index (χ3v) is 4.22. The Hall–Kier alpha value is -4.20. The van der Waals surface area contributed by atoms with E-state index in [9.17, 15) is 18.4 Å². The number of rotatable bonds is 4. The molecular weight excluding hydrogens is 390 g/mol. The molecule has 0 spiro atoms. The number of fused-ring (bicyclic) bond motifs is 1. The zero-order chi connectivity index (χ0) is 21.1. The van der Waals surface area contributed by atoms with E-state index in [1.165, 1.54) is 30.5 Å². The molecule has 2 amide bonds. The number of amides is 2. The van der Waals surface area contributed by atoms with Gasteiger partial charge in [-0.25, -0.2) is 13.6 Å². The molecule has 6 nitrogen and oxygen atoms in total. The molecule has 0 aliphatic carbocycles. The fraction of sp³-hybridized carbons (Fsp3) is 0. The molecule has 2 aromatic heterocycles. The van der Waals surface area contributed by atoms with Crippen molar-refractivity contribution in [1.29, 1.82) is 0 Å². The standard InChI is InChI=1S/C22H14F2N4O2/c23-15-4-1-5-17(10-15)27-22(30)28-18-8-14(7-16(24)11-18)21(29)19-9-13-3-2-6-25-20(13)12-26-19/h1-12H,(H2,27,28,30). The second-order valence-corrected chi connectivity index (χ2v) is 6.41. The predicted octanol–water partition coefficient (Wildman–Crippen LogP) is 4.78. The van der Waals surface area contributed by atoms with E-state index in [2.05, 4.69) is 20.6 Å². The number of nitrogens with one attached hydrogen (secondary N) is 2. The average Bonchev–Trinajstić information content (AvgIpc) is 2.72. The van der Waals surface area contributed by atoms with Crippen LogP contribution in [0.25, 0.3) is 10.9 Å². The topological polar surface area (TPSA) is 84.0 Å². The summed E-state index contributed by atoms with van der Waals surface area (Å²) in [7, 11) is 0. The molecular formula is C22H14F2N4O2. The van der Waals surface area contributed by atoms with Gasteiger partial charge in [-0.3, -0.25) is 14.8 Å². The van der Waals surface area contributed by atoms with Gasteiger partial charge in [0.15, 0.2) is 0 Å². The molecule has 0 saturated carbocycles. The zero-order valence-corrected chi connectivity index (χ0v) is 15.4. The lowest BCUT2D eigenvalue weighted by Gasteiger charge is -2.09. The summed E-state index contributed by atoms with van der Waals surface area (Å²) in [6.45, 7) is 0. The minimum absolute atomic E-state index is 0.0202. The second-order valence-electron chi connectivity index (χ2n) is 6.41. The maximum Gasteiger partial charge on any atom is 0.323 e. The first-order valence-corrected chi connectivity index (χ1v) is 8.87. The SMILES string of the molecule is O=C(Nc1cccc(F)c1)Nc1cc(F)cc(C(=O)c2cc3cccnc3cn2)c1. The van der Waals surface area contributed by atoms with Gasteiger partial charge in [0, 0.05) is 28.5 Å². The van der Waals surface area contributed by atoms with Crippen molar-refractivity contribution in [3.8, 4) is 0 Å². The van der Waals surface area contributed by atoms with Crippen LogP contribution in [0.5, 0.6) is 0 Å². The molecule has 8 heteroatoms. The van der Waals surface area contributed by atoms with Gasteiger partial charge in [-0.15, -0.1) is 0 Å². The van der Waals surface area contributed by atoms with Gasteiger partial charge >= 0.3 is 6.03 Å². The molecule has 0 fully saturated rings. The normalized spacial score (nSPS) is 10.6. The number of aromatic nitrogens is 2. The second kappa shape index (κ2) is 8.04. The van der Waals surface area contributed by atoms with Crippen LogP contribution in [0.15, 0.2) is 73.1 Å². The summed E-state index contributed by atoms with van der Waals surface area (Å²) in [6.07, 6.45) is 3.08. The molecule has 0 radical (unpaired) electrons. The molecule has 0 bridgehead atoms. The van der Waals surface area contributed by atoms with Crippen molar-refractivity contribution in [2.75, 3.05) is 10.6 Å². The van der Waals surface area contributed by atoms with Gasteiger partial charge in [0.2, 0.25) is 5.78 Å². The lowest BCUT2D eigenvalue weighted by atomic mass is 10.1. The fourth-order valence-electron chi connectivity index (χ4n) is 2.90. The van der Waals surface area contributed by atoms with Gasteiger partial charge in [0.25, 0.3) is 0 Å². The molecule has 0 atom stereocenters. The number of nitrogens with zero attached hydrogens (tertiary/aromatic N) is 2. The Morgan fingerprint density at radius 3 is 2.43 bits per heavy atom. The van der Waals surface area contributed by atoms with Crippen LogP contribution >= 0.6 is 0 Å². The van der Waals surface area contributed by atoms with E-state index < -0.39 is 23.4 Å². The molecule has 2 aromatic carbocycles. The number of ketones is 1. The number of hydrogen-bond acceptors (Lipinski definition) is 4. The van der Waals surface area contributed by atoms with Gasteiger partial charge in [-0.05, 0) is 48.5 Å². The van der Waals surface area contributed by atoms with E-state index in [-0.39, 0.29) is 22.6 Å². The Kier molecular flexibility index (Phi) is 5.13. The van der Waals surface area contributed by atoms with Crippen molar-refractivity contribution in [3.05, 3.63) is 95.9 Å². The molecule has 148 valence electrons. The first kappa shape index (κ1) is 19.1. The molecule has 0 saturated heterocycles. The maximum atomic E-state index is 14.1. The average molecular weight is 404 g/mol. The Morgan fingerprint density at radius 2 is 1.60 bits per heavy atom. The minimum atomic E-state index is -0.709. The Balaban J connectivity index is 1.56. The highest BCUT2D eigenvalue weighted by Crippen LogP contribution is 2.19. The van der Waals surface area contributed by atoms with Crippen molar-refractivity contribution in [1.82, 2.24) is 9.97 Å². The zero-order valence-electron chi connectivity index (χ0n) is 15.4. The van der Waals surface area contributed by atoms with Crippen LogP contribution in [-0.2, 0) is 0 Å². The summed E-state index contributed by atoms with van der Waals surface area (Å²) in [5.74, 6) is -1.72. The van der Waals surface area contributed by atoms with Crippen molar-refractivity contribution in [3.63, 3.8) is 0 Å². The maximum absolute atomic E-state index is 14.1. The van der Waals surface area contributed by atoms with Crippen molar-refractivity contribution in [2.24, 2.45) is 0 Å². The molecule has 30 heavy (non-hydrogen) atoms. The molecule has 2 heterocycles. The minimum Gasteiger partial charge on any atom is -0.308 e. The van der Waals surface area contributed by atoms with Gasteiger partial charge in [0.05, 0.1) is 11.7 Å². The lowest BCUT2D eigenvalue weighted by molar-refractivity contribution is 0.103. The van der Waals surface area contributed by atoms with Crippen molar-refractivity contribution >= 4 is 34.1 Å². The van der Waals surface area contributed by atoms with E-state index in [1.807, 2.05) is 0 Å². The van der Waals surface area contributed by atoms with E-state index in [0.717, 1.165) is 23.6 Å². The first-order valence-electron chi connectivity index (χ1n) is 8.87. The van der Waals surface area contributed by atoms with Crippen molar-refractivity contribution < 1.29 is 18.4 Å². The molecule has 2 N–H and O–H groups in total. The lowest BCUT2D eigenvalue weighted by Crippen LogP contribution is -2.20. The first-order chi connectivity index (χ1) is 14.5. The number of pyridine rings is 2. The smallest absolute Gasteiger partial charge is 0.308 e. The van der Waals surface area contributed by atoms with Gasteiger partial charge in [-0.2, -0.15) is 0 Å². The van der Waals surface area contributed by atoms with Crippen LogP contribution < -0.4 is 10.6 Å². The summed E-state index contributed by atoms with van der Waals surface area (Å²) < 4.78 is 27.3. The highest BCUT2D eigenvalue weighted by molar-refractivity contribution is 6.10. The summed E-state index contributed by atoms with van der Waals surface area (Å²) >= 11 is 0. The van der Waals surface area contributed by atoms with E-state index in [0.29, 0.717) is 5.52 Å². The Morgan fingerprint density at radius 1 is 0.800 bits per heavy atom. The third-order valence-electron chi connectivity index (χ3n) is 4.22. The predicted molar refractivity (Wildman–Crippen MR) is 108 cm³/mol. The molecule has 4 rings (SSSR count). The van der Waals surface area contributed by atoms with Gasteiger partial charge in [0.1, 0.15) is 17.3 Å². The van der Waals surface area contributed by atoms with E-state index >= 15 is 0 Å². The summed E-state index contributed by atoms with van der Waals surface area (Å²) in [5.41, 5.74) is 1.07. The number of anilines is 2. The van der Waals surface area contributed by atoms with E-state index in [4.69, 9.17) is 0 Å². The molecule has 0 aliphatic rings. The number of halogens is 2. The largest absolute Gasteiger partial charge is 0.323 e. The van der Waals surface area contributed by atoms with Crippen LogP contribution in [0.2, 0.25) is 0 Å². The monoisotopic (exact) mass is 404 g/mol. The summed E-state index contributed by atoms with van der Waals surface area (Å²) in [6, 6.07) is 13.2. The Bertz CT molecular complexity index is 1280. The van der Waals surface area contributed by atoms with Gasteiger partial charge in [-0.1, -0.05) is 12.1 Å². The summed E-state index contributed by atoms with van der Waals surface area (Å²) in [5, 5.41) is 5.59. The number of carbonyl (C=O) groups is 2. The number of hydrogen-bond donors (Lipinski definition) is 2. The van der Waals surface area contributed by atoms with Crippen molar-refractivity contribution in [2.45, 2.75) is 0 Å².